The lowest BCUT2D eigenvalue weighted by Gasteiger charge is -2.27. The smallest absolute Gasteiger partial charge is 0.322 e. The average Bonchev–Trinajstić information content (AvgIpc) is 2.83. The summed E-state index contributed by atoms with van der Waals surface area (Å²) in [4.78, 5) is 35.6. The van der Waals surface area contributed by atoms with Crippen molar-refractivity contribution >= 4 is 23.5 Å². The topological polar surface area (TPSA) is 87.3 Å². The maximum atomic E-state index is 13.2. The largest absolute Gasteiger partial charge is 0.326 e. The van der Waals surface area contributed by atoms with Gasteiger partial charge in [0, 0.05) is 24.9 Å². The maximum absolute atomic E-state index is 13.2. The highest BCUT2D eigenvalue weighted by atomic mass is 19.3. The van der Waals surface area contributed by atoms with E-state index in [9.17, 15) is 23.2 Å². The summed E-state index contributed by atoms with van der Waals surface area (Å²) in [5, 5.41) is 7.50. The molecule has 3 N–H and O–H groups in total. The van der Waals surface area contributed by atoms with Crippen LogP contribution in [0.2, 0.25) is 0 Å². The second-order valence-corrected chi connectivity index (χ2v) is 7.17. The van der Waals surface area contributed by atoms with Crippen molar-refractivity contribution in [1.82, 2.24) is 10.6 Å². The van der Waals surface area contributed by atoms with Gasteiger partial charge in [-0.25, -0.2) is 13.6 Å². The molecule has 1 aliphatic heterocycles. The number of urea groups is 1. The minimum absolute atomic E-state index is 0.0461. The third-order valence-corrected chi connectivity index (χ3v) is 5.08. The number of halogens is 2. The molecule has 1 aromatic carbocycles. The van der Waals surface area contributed by atoms with Gasteiger partial charge in [-0.3, -0.25) is 14.9 Å². The molecule has 140 valence electrons. The Morgan fingerprint density at radius 1 is 1.27 bits per heavy atom. The number of rotatable bonds is 4. The molecule has 1 aliphatic carbocycles. The fourth-order valence-corrected chi connectivity index (χ4v) is 3.43. The molecule has 0 aromatic heterocycles. The highest BCUT2D eigenvalue weighted by Crippen LogP contribution is 2.37. The third kappa shape index (κ3) is 3.84. The maximum Gasteiger partial charge on any atom is 0.322 e. The van der Waals surface area contributed by atoms with Gasteiger partial charge in [-0.15, -0.1) is 0 Å². The van der Waals surface area contributed by atoms with E-state index in [0.717, 1.165) is 0 Å². The van der Waals surface area contributed by atoms with Crippen LogP contribution in [0.15, 0.2) is 24.3 Å². The van der Waals surface area contributed by atoms with Gasteiger partial charge in [0.2, 0.25) is 11.8 Å². The first kappa shape index (κ1) is 18.3. The van der Waals surface area contributed by atoms with E-state index in [4.69, 9.17) is 0 Å². The predicted octanol–water partition coefficient (Wildman–Crippen LogP) is 2.90. The number of hydrogen-bond donors (Lipinski definition) is 3. The van der Waals surface area contributed by atoms with Crippen molar-refractivity contribution in [2.24, 2.45) is 5.92 Å². The molecule has 2 fully saturated rings. The zero-order valence-corrected chi connectivity index (χ0v) is 14.4. The van der Waals surface area contributed by atoms with Crippen LogP contribution in [0.3, 0.4) is 0 Å². The van der Waals surface area contributed by atoms with Crippen molar-refractivity contribution in [3.63, 3.8) is 0 Å². The van der Waals surface area contributed by atoms with Gasteiger partial charge in [-0.2, -0.15) is 0 Å². The first-order valence-corrected chi connectivity index (χ1v) is 8.60. The van der Waals surface area contributed by atoms with Crippen LogP contribution in [0.4, 0.5) is 19.3 Å². The number of imide groups is 1. The first-order valence-electron chi connectivity index (χ1n) is 8.60. The molecule has 1 saturated heterocycles. The van der Waals surface area contributed by atoms with Crippen molar-refractivity contribution in [1.29, 1.82) is 0 Å². The summed E-state index contributed by atoms with van der Waals surface area (Å²) in [5.74, 6) is -3.37. The third-order valence-electron chi connectivity index (χ3n) is 5.08. The predicted molar refractivity (Wildman–Crippen MR) is 90.6 cm³/mol. The second kappa shape index (κ2) is 6.66. The number of alkyl halides is 2. The van der Waals surface area contributed by atoms with Gasteiger partial charge in [0.05, 0.1) is 0 Å². The normalized spacial score (nSPS) is 25.5. The number of carbonyl (C=O) groups is 3. The molecule has 1 aromatic rings. The second-order valence-electron chi connectivity index (χ2n) is 7.17. The highest BCUT2D eigenvalue weighted by molar-refractivity contribution is 6.07. The molecule has 4 amide bonds. The summed E-state index contributed by atoms with van der Waals surface area (Å²) in [6.45, 7) is 1.58. The van der Waals surface area contributed by atoms with Crippen LogP contribution in [0.1, 0.15) is 44.6 Å². The molecule has 3 rings (SSSR count). The van der Waals surface area contributed by atoms with Crippen molar-refractivity contribution < 1.29 is 23.2 Å². The fourth-order valence-electron chi connectivity index (χ4n) is 3.43. The van der Waals surface area contributed by atoms with E-state index in [2.05, 4.69) is 16.0 Å². The van der Waals surface area contributed by atoms with E-state index in [-0.39, 0.29) is 31.1 Å². The molecule has 6 nitrogen and oxygen atoms in total. The zero-order valence-electron chi connectivity index (χ0n) is 14.4. The van der Waals surface area contributed by atoms with Crippen LogP contribution in [0, 0.1) is 5.92 Å². The summed E-state index contributed by atoms with van der Waals surface area (Å²) in [7, 11) is 0. The Morgan fingerprint density at radius 3 is 2.58 bits per heavy atom. The van der Waals surface area contributed by atoms with Gasteiger partial charge in [0.1, 0.15) is 5.54 Å². The average molecular weight is 365 g/mol. The lowest BCUT2D eigenvalue weighted by atomic mass is 9.84. The van der Waals surface area contributed by atoms with Crippen LogP contribution in [0.25, 0.3) is 0 Å². The number of amides is 4. The molecule has 0 bridgehead atoms. The van der Waals surface area contributed by atoms with Gasteiger partial charge >= 0.3 is 6.03 Å². The summed E-state index contributed by atoms with van der Waals surface area (Å²) >= 11 is 0. The summed E-state index contributed by atoms with van der Waals surface area (Å²) in [5.41, 5.74) is -0.174. The molecule has 1 unspecified atom stereocenters. The number of anilines is 1. The standard InChI is InChI=1S/C18H21F2N3O3/c1-17(15(25)22-16(26)23-17)12-3-2-4-13(10-12)21-14(24)9-11-5-7-18(19,20)8-6-11/h2-4,10-11H,5-9H2,1H3,(H,21,24)(H2,22,23,25,26). The molecule has 26 heavy (non-hydrogen) atoms. The quantitative estimate of drug-likeness (QED) is 0.717. The Balaban J connectivity index is 1.63. The zero-order chi connectivity index (χ0) is 18.9. The van der Waals surface area contributed by atoms with Crippen molar-refractivity contribution in [3.05, 3.63) is 29.8 Å². The van der Waals surface area contributed by atoms with Crippen LogP contribution < -0.4 is 16.0 Å². The Labute approximate surface area is 149 Å². The van der Waals surface area contributed by atoms with Crippen molar-refractivity contribution in [2.45, 2.75) is 50.5 Å². The van der Waals surface area contributed by atoms with Crippen LogP contribution in [-0.4, -0.2) is 23.8 Å². The fraction of sp³-hybridized carbons (Fsp3) is 0.500. The first-order chi connectivity index (χ1) is 12.2. The minimum Gasteiger partial charge on any atom is -0.326 e. The van der Waals surface area contributed by atoms with Crippen molar-refractivity contribution in [2.75, 3.05) is 5.32 Å². The van der Waals surface area contributed by atoms with E-state index >= 15 is 0 Å². The van der Waals surface area contributed by atoms with E-state index in [1.807, 2.05) is 0 Å². The monoisotopic (exact) mass is 365 g/mol. The molecular formula is C18H21F2N3O3. The molecule has 1 saturated carbocycles. The van der Waals surface area contributed by atoms with E-state index < -0.39 is 23.4 Å². The summed E-state index contributed by atoms with van der Waals surface area (Å²) in [6, 6.07) is 6.09. The van der Waals surface area contributed by atoms with E-state index in [1.165, 1.54) is 0 Å². The lowest BCUT2D eigenvalue weighted by molar-refractivity contribution is -0.123. The Morgan fingerprint density at radius 2 is 1.96 bits per heavy atom. The molecule has 2 aliphatic rings. The molecule has 1 heterocycles. The number of benzene rings is 1. The van der Waals surface area contributed by atoms with Crippen LogP contribution in [-0.2, 0) is 15.1 Å². The van der Waals surface area contributed by atoms with Gasteiger partial charge < -0.3 is 10.6 Å². The molecule has 1 atom stereocenters. The molecule has 0 radical (unpaired) electrons. The summed E-state index contributed by atoms with van der Waals surface area (Å²) < 4.78 is 26.4. The number of carbonyl (C=O) groups excluding carboxylic acids is 3. The van der Waals surface area contributed by atoms with Crippen molar-refractivity contribution in [3.8, 4) is 0 Å². The Bertz CT molecular complexity index is 743. The minimum atomic E-state index is -2.61. The highest BCUT2D eigenvalue weighted by Gasteiger charge is 2.43. The van der Waals surface area contributed by atoms with Gasteiger partial charge in [-0.05, 0) is 43.4 Å². The lowest BCUT2D eigenvalue weighted by Crippen LogP contribution is -2.40. The van der Waals surface area contributed by atoms with Gasteiger partial charge in [0.15, 0.2) is 0 Å². The SMILES string of the molecule is CC1(c2cccc(NC(=O)CC3CCC(F)(F)CC3)c2)NC(=O)NC1=O. The Hall–Kier alpha value is -2.51. The van der Waals surface area contributed by atoms with Crippen LogP contribution >= 0.6 is 0 Å². The molecular weight excluding hydrogens is 344 g/mol. The van der Waals surface area contributed by atoms with E-state index in [1.54, 1.807) is 31.2 Å². The summed E-state index contributed by atoms with van der Waals surface area (Å²) in [6.07, 6.45) is 0.519. The number of nitrogens with one attached hydrogen (secondary N) is 3. The van der Waals surface area contributed by atoms with E-state index in [0.29, 0.717) is 24.1 Å². The molecule has 0 spiro atoms. The van der Waals surface area contributed by atoms with Crippen LogP contribution in [0.5, 0.6) is 0 Å². The number of hydrogen-bond acceptors (Lipinski definition) is 3. The van der Waals surface area contributed by atoms with Gasteiger partial charge in [0.25, 0.3) is 5.91 Å². The molecule has 8 heteroatoms. The van der Waals surface area contributed by atoms with Gasteiger partial charge in [-0.1, -0.05) is 12.1 Å². The Kier molecular flexibility index (Phi) is 4.68.